The minimum absolute atomic E-state index is 0.0407. The molecule has 0 aromatic heterocycles. The van der Waals surface area contributed by atoms with Gasteiger partial charge in [-0.3, -0.25) is 4.79 Å². The van der Waals surface area contributed by atoms with Gasteiger partial charge in [-0.05, 0) is 44.9 Å². The number of hydrogen-bond donors (Lipinski definition) is 0. The van der Waals surface area contributed by atoms with E-state index < -0.39 is 30.1 Å². The zero-order valence-corrected chi connectivity index (χ0v) is 19.1. The fraction of sp³-hybridized carbons (Fsp3) is 0.500. The van der Waals surface area contributed by atoms with Crippen molar-refractivity contribution in [2.75, 3.05) is 21.0 Å². The average molecular weight is 446 g/mol. The minimum Gasteiger partial charge on any atom is -0.497 e. The normalized spacial score (nSPS) is 26.5. The van der Waals surface area contributed by atoms with Crippen LogP contribution in [0.15, 0.2) is 30.4 Å². The van der Waals surface area contributed by atoms with Crippen molar-refractivity contribution in [2.45, 2.75) is 57.7 Å². The number of rotatable bonds is 4. The van der Waals surface area contributed by atoms with E-state index in [1.165, 1.54) is 20.3 Å². The maximum absolute atomic E-state index is 13.0. The molecule has 1 fully saturated rings. The fourth-order valence-corrected chi connectivity index (χ4v) is 3.65. The van der Waals surface area contributed by atoms with E-state index in [4.69, 9.17) is 28.4 Å². The van der Waals surface area contributed by atoms with E-state index in [0.29, 0.717) is 29.9 Å². The number of ketones is 1. The largest absolute Gasteiger partial charge is 0.497 e. The molecule has 0 aliphatic carbocycles. The lowest BCUT2D eigenvalue weighted by atomic mass is 10.0. The molecule has 0 amide bonds. The molecule has 2 aliphatic heterocycles. The molecule has 32 heavy (non-hydrogen) atoms. The summed E-state index contributed by atoms with van der Waals surface area (Å²) in [7, 11) is 3.03. The van der Waals surface area contributed by atoms with Gasteiger partial charge in [0.2, 0.25) is 0 Å². The summed E-state index contributed by atoms with van der Waals surface area (Å²) in [5.74, 6) is -0.779. The van der Waals surface area contributed by atoms with Crippen LogP contribution in [0, 0.1) is 0 Å². The number of cyclic esters (lactones) is 1. The molecule has 174 valence electrons. The average Bonchev–Trinajstić information content (AvgIpc) is 3.05. The number of benzene rings is 1. The molecule has 1 aromatic rings. The SMILES string of the molecule is COCOc1cc(OC)cc2c1C(=O)O[C@@H](C)C/C=C\C(=O)[C@H]1OC(C)(C)O[C@H]1CC=C2. The van der Waals surface area contributed by atoms with Gasteiger partial charge in [-0.1, -0.05) is 18.2 Å². The highest BCUT2D eigenvalue weighted by Crippen LogP contribution is 2.34. The lowest BCUT2D eigenvalue weighted by Crippen LogP contribution is -2.30. The van der Waals surface area contributed by atoms with Crippen LogP contribution in [0.4, 0.5) is 0 Å². The molecule has 0 spiro atoms. The Bertz CT molecular complexity index is 902. The van der Waals surface area contributed by atoms with Crippen molar-refractivity contribution in [3.63, 3.8) is 0 Å². The van der Waals surface area contributed by atoms with Crippen LogP contribution in [0.1, 0.15) is 49.5 Å². The van der Waals surface area contributed by atoms with Crippen LogP contribution >= 0.6 is 0 Å². The summed E-state index contributed by atoms with van der Waals surface area (Å²) in [5.41, 5.74) is 0.824. The van der Waals surface area contributed by atoms with Crippen molar-refractivity contribution in [2.24, 2.45) is 0 Å². The smallest absolute Gasteiger partial charge is 0.342 e. The van der Waals surface area contributed by atoms with Crippen LogP contribution in [0.5, 0.6) is 11.5 Å². The molecule has 8 nitrogen and oxygen atoms in total. The molecule has 2 heterocycles. The van der Waals surface area contributed by atoms with Crippen molar-refractivity contribution < 1.29 is 38.0 Å². The van der Waals surface area contributed by atoms with Gasteiger partial charge in [0, 0.05) is 19.6 Å². The quantitative estimate of drug-likeness (QED) is 0.511. The topological polar surface area (TPSA) is 89.5 Å². The maximum atomic E-state index is 13.0. The Labute approximate surface area is 188 Å². The van der Waals surface area contributed by atoms with E-state index in [2.05, 4.69) is 0 Å². The molecule has 3 rings (SSSR count). The van der Waals surface area contributed by atoms with Gasteiger partial charge in [-0.2, -0.15) is 0 Å². The Morgan fingerprint density at radius 1 is 1.06 bits per heavy atom. The predicted molar refractivity (Wildman–Crippen MR) is 117 cm³/mol. The molecule has 2 aliphatic rings. The van der Waals surface area contributed by atoms with E-state index in [9.17, 15) is 9.59 Å². The Morgan fingerprint density at radius 3 is 2.53 bits per heavy atom. The van der Waals surface area contributed by atoms with Crippen molar-refractivity contribution in [1.29, 1.82) is 0 Å². The van der Waals surface area contributed by atoms with Crippen molar-refractivity contribution >= 4 is 17.8 Å². The number of carbonyl (C=O) groups is 2. The molecule has 1 saturated heterocycles. The first-order valence-corrected chi connectivity index (χ1v) is 10.5. The highest BCUT2D eigenvalue weighted by Gasteiger charge is 2.43. The summed E-state index contributed by atoms with van der Waals surface area (Å²) >= 11 is 0. The summed E-state index contributed by atoms with van der Waals surface area (Å²) in [6.45, 7) is 5.28. The summed E-state index contributed by atoms with van der Waals surface area (Å²) in [6, 6.07) is 3.34. The second kappa shape index (κ2) is 10.3. The monoisotopic (exact) mass is 446 g/mol. The van der Waals surface area contributed by atoms with Crippen molar-refractivity contribution in [3.8, 4) is 11.5 Å². The summed E-state index contributed by atoms with van der Waals surface area (Å²) in [6.07, 6.45) is 5.90. The highest BCUT2D eigenvalue weighted by atomic mass is 16.8. The van der Waals surface area contributed by atoms with Crippen LogP contribution in [-0.2, 0) is 23.7 Å². The Kier molecular flexibility index (Phi) is 7.71. The first-order chi connectivity index (χ1) is 15.2. The number of methoxy groups -OCH3 is 2. The van der Waals surface area contributed by atoms with Gasteiger partial charge < -0.3 is 28.4 Å². The summed E-state index contributed by atoms with van der Waals surface area (Å²) in [4.78, 5) is 25.7. The standard InChI is InChI=1S/C24H30O8/c1-15-8-6-10-18(25)22-19(31-24(2,3)32-22)11-7-9-16-12-17(28-5)13-20(29-14-27-4)21(16)23(26)30-15/h6-7,9-10,12-13,15,19,22H,8,11,14H2,1-5H3/b9-7?,10-6-/t15-,19-,22+/m0/s1. The third kappa shape index (κ3) is 5.76. The van der Waals surface area contributed by atoms with Gasteiger partial charge in [0.1, 0.15) is 29.3 Å². The number of hydrogen-bond acceptors (Lipinski definition) is 8. The number of esters is 1. The van der Waals surface area contributed by atoms with Crippen molar-refractivity contribution in [3.05, 3.63) is 41.5 Å². The second-order valence-electron chi connectivity index (χ2n) is 8.13. The predicted octanol–water partition coefficient (Wildman–Crippen LogP) is 3.68. The van der Waals surface area contributed by atoms with Gasteiger partial charge in [0.05, 0.1) is 13.2 Å². The van der Waals surface area contributed by atoms with Crippen LogP contribution in [-0.4, -0.2) is 56.9 Å². The fourth-order valence-electron chi connectivity index (χ4n) is 3.65. The van der Waals surface area contributed by atoms with Crippen LogP contribution < -0.4 is 9.47 Å². The van der Waals surface area contributed by atoms with E-state index in [1.54, 1.807) is 45.1 Å². The van der Waals surface area contributed by atoms with Crippen LogP contribution in [0.2, 0.25) is 0 Å². The first kappa shape index (κ1) is 24.0. The molecule has 0 N–H and O–H groups in total. The minimum atomic E-state index is -0.866. The molecule has 0 bridgehead atoms. The zero-order valence-electron chi connectivity index (χ0n) is 19.1. The molecular weight excluding hydrogens is 416 g/mol. The lowest BCUT2D eigenvalue weighted by Gasteiger charge is -2.18. The van der Waals surface area contributed by atoms with E-state index in [-0.39, 0.29) is 18.1 Å². The molecule has 1 aromatic carbocycles. The Morgan fingerprint density at radius 2 is 1.81 bits per heavy atom. The van der Waals surface area contributed by atoms with Gasteiger partial charge in [-0.25, -0.2) is 4.79 Å². The van der Waals surface area contributed by atoms with Crippen molar-refractivity contribution in [1.82, 2.24) is 0 Å². The van der Waals surface area contributed by atoms with Gasteiger partial charge in [0.25, 0.3) is 0 Å². The van der Waals surface area contributed by atoms with E-state index in [0.717, 1.165) is 0 Å². The van der Waals surface area contributed by atoms with Gasteiger partial charge in [-0.15, -0.1) is 0 Å². The molecule has 8 heteroatoms. The molecular formula is C24H30O8. The summed E-state index contributed by atoms with van der Waals surface area (Å²) in [5, 5.41) is 0. The summed E-state index contributed by atoms with van der Waals surface area (Å²) < 4.78 is 33.4. The zero-order chi connectivity index (χ0) is 23.3. The lowest BCUT2D eigenvalue weighted by molar-refractivity contribution is -0.152. The first-order valence-electron chi connectivity index (χ1n) is 10.5. The molecule has 0 unspecified atom stereocenters. The van der Waals surface area contributed by atoms with E-state index >= 15 is 0 Å². The number of carbonyl (C=O) groups excluding carboxylic acids is 2. The molecule has 3 atom stereocenters. The van der Waals surface area contributed by atoms with Gasteiger partial charge >= 0.3 is 5.97 Å². The van der Waals surface area contributed by atoms with E-state index in [1.807, 2.05) is 6.08 Å². The third-order valence-corrected chi connectivity index (χ3v) is 5.07. The van der Waals surface area contributed by atoms with Crippen LogP contribution in [0.3, 0.4) is 0 Å². The highest BCUT2D eigenvalue weighted by molar-refractivity contribution is 5.97. The Hall–Kier alpha value is -2.68. The molecule has 0 radical (unpaired) electrons. The second-order valence-corrected chi connectivity index (χ2v) is 8.13. The Balaban J connectivity index is 2.03. The molecule has 0 saturated carbocycles. The third-order valence-electron chi connectivity index (χ3n) is 5.07. The maximum Gasteiger partial charge on any atom is 0.342 e. The van der Waals surface area contributed by atoms with Gasteiger partial charge in [0.15, 0.2) is 18.4 Å². The number of ether oxygens (including phenoxy) is 6. The van der Waals surface area contributed by atoms with Crippen LogP contribution in [0.25, 0.3) is 6.08 Å². The number of fused-ring (bicyclic) bond motifs is 2.